The molecule has 0 bridgehead atoms. The summed E-state index contributed by atoms with van der Waals surface area (Å²) in [5.41, 5.74) is 6.66. The Morgan fingerprint density at radius 3 is 2.68 bits per heavy atom. The highest BCUT2D eigenvalue weighted by molar-refractivity contribution is 5.51. The van der Waals surface area contributed by atoms with E-state index < -0.39 is 0 Å². The summed E-state index contributed by atoms with van der Waals surface area (Å²) in [5, 5.41) is 4.38. The molecule has 1 heterocycles. The topological polar surface area (TPSA) is 29.3 Å². The summed E-state index contributed by atoms with van der Waals surface area (Å²) in [6.45, 7) is 10.9. The van der Waals surface area contributed by atoms with Gasteiger partial charge in [-0.3, -0.25) is 0 Å². The first-order valence-corrected chi connectivity index (χ1v) is 8.41. The van der Waals surface area contributed by atoms with Crippen molar-refractivity contribution in [3.63, 3.8) is 0 Å². The summed E-state index contributed by atoms with van der Waals surface area (Å²) in [6.07, 6.45) is 4.02. The molecule has 3 rings (SSSR count). The number of fused-ring (bicyclic) bond motifs is 1. The molecule has 0 aliphatic heterocycles. The van der Waals surface area contributed by atoms with Crippen molar-refractivity contribution in [2.75, 3.05) is 18.0 Å². The molecule has 2 aromatic rings. The Bertz CT molecular complexity index is 643. The number of hydrogen-bond donors (Lipinski definition) is 0. The summed E-state index contributed by atoms with van der Waals surface area (Å²) in [4.78, 5) is 2.34. The second-order valence-electron chi connectivity index (χ2n) is 6.52. The molecule has 118 valence electrons. The van der Waals surface area contributed by atoms with E-state index in [1.54, 1.807) is 0 Å². The molecule has 0 N–H and O–H groups in total. The predicted molar refractivity (Wildman–Crippen MR) is 90.6 cm³/mol. The van der Waals surface area contributed by atoms with Gasteiger partial charge >= 0.3 is 0 Å². The van der Waals surface area contributed by atoms with Gasteiger partial charge in [-0.05, 0) is 50.7 Å². The van der Waals surface area contributed by atoms with E-state index >= 15 is 0 Å². The highest BCUT2D eigenvalue weighted by Crippen LogP contribution is 2.40. The third kappa shape index (κ3) is 2.65. The monoisotopic (exact) mass is 298 g/mol. The van der Waals surface area contributed by atoms with Crippen molar-refractivity contribution in [2.24, 2.45) is 5.92 Å². The van der Waals surface area contributed by atoms with E-state index in [1.807, 2.05) is 6.26 Å². The van der Waals surface area contributed by atoms with E-state index in [4.69, 9.17) is 4.52 Å². The Labute approximate surface area is 133 Å². The Morgan fingerprint density at radius 2 is 1.95 bits per heavy atom. The van der Waals surface area contributed by atoms with Crippen molar-refractivity contribution in [1.29, 1.82) is 0 Å². The third-order valence-corrected chi connectivity index (χ3v) is 5.06. The number of nitrogens with zero attached hydrogens (tertiary/aromatic N) is 2. The van der Waals surface area contributed by atoms with Crippen LogP contribution >= 0.6 is 0 Å². The molecule has 0 saturated carbocycles. The van der Waals surface area contributed by atoms with Gasteiger partial charge in [-0.2, -0.15) is 0 Å². The average molecular weight is 298 g/mol. The van der Waals surface area contributed by atoms with Gasteiger partial charge in [0.05, 0.1) is 0 Å². The molecule has 0 amide bonds. The minimum absolute atomic E-state index is 0.449. The average Bonchev–Trinajstić information content (AvgIpc) is 2.97. The number of benzene rings is 1. The summed E-state index contributed by atoms with van der Waals surface area (Å²) in [5.74, 6) is 1.04. The Balaban J connectivity index is 1.93. The number of aryl methyl sites for hydroxylation is 1. The molecule has 0 saturated heterocycles. The molecule has 2 unspecified atom stereocenters. The maximum atomic E-state index is 5.35. The van der Waals surface area contributed by atoms with Crippen LogP contribution in [0.3, 0.4) is 0 Å². The van der Waals surface area contributed by atoms with Crippen molar-refractivity contribution in [2.45, 2.75) is 46.5 Å². The van der Waals surface area contributed by atoms with Crippen LogP contribution in [-0.4, -0.2) is 18.2 Å². The quantitative estimate of drug-likeness (QED) is 0.840. The fourth-order valence-corrected chi connectivity index (χ4v) is 3.74. The number of hydrogen-bond acceptors (Lipinski definition) is 3. The summed E-state index contributed by atoms with van der Waals surface area (Å²) < 4.78 is 5.35. The summed E-state index contributed by atoms with van der Waals surface area (Å²) in [7, 11) is 0. The van der Waals surface area contributed by atoms with Gasteiger partial charge in [0.15, 0.2) is 0 Å². The van der Waals surface area contributed by atoms with E-state index in [0.717, 1.165) is 31.6 Å². The van der Waals surface area contributed by atoms with Crippen molar-refractivity contribution in [1.82, 2.24) is 5.16 Å². The first-order valence-electron chi connectivity index (χ1n) is 8.41. The van der Waals surface area contributed by atoms with E-state index in [9.17, 15) is 0 Å². The molecule has 3 nitrogen and oxygen atoms in total. The van der Waals surface area contributed by atoms with Crippen molar-refractivity contribution in [3.05, 3.63) is 46.8 Å². The molecule has 3 heteroatoms. The van der Waals surface area contributed by atoms with Crippen molar-refractivity contribution in [3.8, 4) is 0 Å². The fraction of sp³-hybridized carbons (Fsp3) is 0.526. The molecule has 1 aromatic carbocycles. The highest BCUT2D eigenvalue weighted by atomic mass is 16.5. The van der Waals surface area contributed by atoms with Gasteiger partial charge in [-0.1, -0.05) is 35.8 Å². The van der Waals surface area contributed by atoms with Gasteiger partial charge in [-0.15, -0.1) is 0 Å². The van der Waals surface area contributed by atoms with Crippen LogP contribution in [0.2, 0.25) is 0 Å². The van der Waals surface area contributed by atoms with Gasteiger partial charge in [0.2, 0.25) is 0 Å². The van der Waals surface area contributed by atoms with E-state index in [1.165, 1.54) is 22.4 Å². The van der Waals surface area contributed by atoms with Crippen LogP contribution in [0.15, 0.2) is 29.0 Å². The Hall–Kier alpha value is -1.77. The van der Waals surface area contributed by atoms with E-state index in [2.05, 4.69) is 56.0 Å². The molecule has 0 fully saturated rings. The lowest BCUT2D eigenvalue weighted by Crippen LogP contribution is -2.27. The minimum atomic E-state index is 0.449. The van der Waals surface area contributed by atoms with Crippen LogP contribution < -0.4 is 4.90 Å². The predicted octanol–water partition coefficient (Wildman–Crippen LogP) is 4.35. The highest BCUT2D eigenvalue weighted by Gasteiger charge is 2.31. The number of anilines is 1. The summed E-state index contributed by atoms with van der Waals surface area (Å²) >= 11 is 0. The molecule has 0 spiro atoms. The number of aromatic nitrogens is 1. The third-order valence-electron chi connectivity index (χ3n) is 5.06. The molecule has 2 atom stereocenters. The number of rotatable bonds is 4. The molecular weight excluding hydrogens is 272 g/mol. The first-order chi connectivity index (χ1) is 10.6. The Kier molecular flexibility index (Phi) is 4.23. The van der Waals surface area contributed by atoms with E-state index in [0.29, 0.717) is 11.8 Å². The zero-order chi connectivity index (χ0) is 15.7. The van der Waals surface area contributed by atoms with Gasteiger partial charge in [0.1, 0.15) is 17.6 Å². The van der Waals surface area contributed by atoms with E-state index in [-0.39, 0.29) is 0 Å². The van der Waals surface area contributed by atoms with Crippen LogP contribution in [0.4, 0.5) is 5.69 Å². The van der Waals surface area contributed by atoms with Crippen LogP contribution in [-0.2, 0) is 12.8 Å². The van der Waals surface area contributed by atoms with Crippen molar-refractivity contribution < 1.29 is 4.52 Å². The van der Waals surface area contributed by atoms with Gasteiger partial charge in [0, 0.05) is 19.0 Å². The molecule has 1 aliphatic carbocycles. The normalized spacial score (nSPS) is 20.7. The van der Waals surface area contributed by atoms with Crippen LogP contribution in [0.25, 0.3) is 0 Å². The Morgan fingerprint density at radius 1 is 1.18 bits per heavy atom. The molecular formula is C19H26N2O. The molecule has 22 heavy (non-hydrogen) atoms. The smallest absolute Gasteiger partial charge is 0.147 e. The minimum Gasteiger partial charge on any atom is -0.368 e. The maximum Gasteiger partial charge on any atom is 0.147 e. The van der Waals surface area contributed by atoms with Gasteiger partial charge < -0.3 is 9.42 Å². The zero-order valence-electron chi connectivity index (χ0n) is 14.1. The molecule has 1 aromatic heterocycles. The first kappa shape index (κ1) is 15.1. The zero-order valence-corrected chi connectivity index (χ0v) is 14.1. The van der Waals surface area contributed by atoms with Crippen LogP contribution in [0.5, 0.6) is 0 Å². The van der Waals surface area contributed by atoms with Gasteiger partial charge in [0.25, 0.3) is 0 Å². The molecule has 1 aliphatic rings. The van der Waals surface area contributed by atoms with Crippen molar-refractivity contribution >= 4 is 5.69 Å². The lowest BCUT2D eigenvalue weighted by molar-refractivity contribution is 0.369. The SMILES string of the molecule is CCN(CC)c1conc1C1Cc2ccc(C)cc2CC1C. The molecule has 0 radical (unpaired) electrons. The summed E-state index contributed by atoms with van der Waals surface area (Å²) in [6, 6.07) is 6.86. The van der Waals surface area contributed by atoms with Gasteiger partial charge in [-0.25, -0.2) is 0 Å². The second-order valence-corrected chi connectivity index (χ2v) is 6.52. The largest absolute Gasteiger partial charge is 0.368 e. The van der Waals surface area contributed by atoms with Crippen LogP contribution in [0.1, 0.15) is 49.1 Å². The maximum absolute atomic E-state index is 5.35. The standard InChI is InChI=1S/C19H26N2O/c1-5-21(6-2)18-12-22-20-19(18)17-11-15-8-7-13(3)9-16(15)10-14(17)4/h7-9,12,14,17H,5-6,10-11H2,1-4H3. The second kappa shape index (κ2) is 6.15. The van der Waals surface area contributed by atoms with Crippen LogP contribution in [0, 0.1) is 12.8 Å². The lowest BCUT2D eigenvalue weighted by Gasteiger charge is -2.31. The fourth-order valence-electron chi connectivity index (χ4n) is 3.74. The lowest BCUT2D eigenvalue weighted by atomic mass is 9.74.